The molecule has 7 rings (SSSR count). The van der Waals surface area contributed by atoms with Crippen LogP contribution in [0.1, 0.15) is 19.3 Å². The summed E-state index contributed by atoms with van der Waals surface area (Å²) < 4.78 is 37.1. The Morgan fingerprint density at radius 1 is 1.23 bits per heavy atom. The van der Waals surface area contributed by atoms with Crippen LogP contribution in [-0.4, -0.2) is 93.9 Å². The molecule has 2 atom stereocenters. The summed E-state index contributed by atoms with van der Waals surface area (Å²) in [5.41, 5.74) is 0.121. The van der Waals surface area contributed by atoms with Crippen molar-refractivity contribution in [2.75, 3.05) is 51.3 Å². The Balaban J connectivity index is 1.28. The molecule has 0 aliphatic carbocycles. The number of aromatic nitrogens is 3. The Morgan fingerprint density at radius 2 is 2.05 bits per heavy atom. The summed E-state index contributed by atoms with van der Waals surface area (Å²) in [6.45, 7) is 6.72. The molecule has 1 unspecified atom stereocenters. The van der Waals surface area contributed by atoms with E-state index in [1.165, 1.54) is 12.1 Å². The van der Waals surface area contributed by atoms with Crippen molar-refractivity contribution >= 4 is 33.4 Å². The van der Waals surface area contributed by atoms with Crippen LogP contribution < -0.4 is 9.64 Å². The van der Waals surface area contributed by atoms with E-state index in [2.05, 4.69) is 21.4 Å². The first-order chi connectivity index (χ1) is 21.2. The van der Waals surface area contributed by atoms with Crippen molar-refractivity contribution in [3.63, 3.8) is 0 Å². The van der Waals surface area contributed by atoms with Gasteiger partial charge in [0, 0.05) is 57.3 Å². The van der Waals surface area contributed by atoms with Gasteiger partial charge in [-0.2, -0.15) is 9.97 Å². The molecular weight excluding hydrogens is 566 g/mol. The predicted molar refractivity (Wildman–Crippen MR) is 164 cm³/mol. The van der Waals surface area contributed by atoms with E-state index in [0.29, 0.717) is 49.4 Å². The van der Waals surface area contributed by atoms with Crippen molar-refractivity contribution in [2.45, 2.75) is 31.0 Å². The average Bonchev–Trinajstić information content (AvgIpc) is 3.52. The maximum Gasteiger partial charge on any atom is 0.319 e. The van der Waals surface area contributed by atoms with Crippen molar-refractivity contribution in [1.82, 2.24) is 24.8 Å². The van der Waals surface area contributed by atoms with Gasteiger partial charge in [-0.3, -0.25) is 14.7 Å². The number of phenolic OH excluding ortho intramolecular Hbond substituents is 1. The molecule has 228 valence electrons. The largest absolute Gasteiger partial charge is 0.508 e. The van der Waals surface area contributed by atoms with E-state index >= 15 is 4.39 Å². The summed E-state index contributed by atoms with van der Waals surface area (Å²) in [5, 5.41) is 12.3. The summed E-state index contributed by atoms with van der Waals surface area (Å²) in [6.07, 6.45) is 4.14. The molecule has 44 heavy (non-hydrogen) atoms. The molecule has 0 saturated carbocycles. The first-order valence-corrected chi connectivity index (χ1v) is 15.0. The second kappa shape index (κ2) is 11.0. The molecule has 1 amide bonds. The molecule has 2 aromatic heterocycles. The minimum absolute atomic E-state index is 0.000267. The van der Waals surface area contributed by atoms with Crippen molar-refractivity contribution in [2.24, 2.45) is 5.92 Å². The summed E-state index contributed by atoms with van der Waals surface area (Å²) in [6, 6.07) is 10.5. The molecule has 9 nitrogen and oxygen atoms in total. The van der Waals surface area contributed by atoms with Crippen LogP contribution >= 0.6 is 0 Å². The van der Waals surface area contributed by atoms with Crippen LogP contribution in [0.3, 0.4) is 0 Å². The number of carbonyl (C=O) groups is 1. The number of hydrogen-bond acceptors (Lipinski definition) is 8. The molecular formula is C33H34F2N6O3. The number of anilines is 1. The highest BCUT2D eigenvalue weighted by atomic mass is 19.1. The number of likely N-dealkylation sites (tertiary alicyclic amines) is 1. The Bertz CT molecular complexity index is 1780. The number of halogens is 2. The molecule has 11 heteroatoms. The number of ether oxygens (including phenoxy) is 1. The smallest absolute Gasteiger partial charge is 0.319 e. The number of carbonyl (C=O) groups excluding carboxylic acids is 1. The number of aromatic hydroxyl groups is 1. The van der Waals surface area contributed by atoms with E-state index in [1.54, 1.807) is 17.2 Å². The highest BCUT2D eigenvalue weighted by Crippen LogP contribution is 2.41. The number of benzene rings is 2. The third-order valence-corrected chi connectivity index (χ3v) is 9.31. The monoisotopic (exact) mass is 600 g/mol. The quantitative estimate of drug-likeness (QED) is 0.290. The molecule has 4 aromatic rings. The molecule has 3 aliphatic rings. The van der Waals surface area contributed by atoms with Crippen LogP contribution in [0.25, 0.3) is 32.9 Å². The van der Waals surface area contributed by atoms with Crippen LogP contribution in [0.4, 0.5) is 14.6 Å². The fraction of sp³-hybridized carbons (Fsp3) is 0.394. The molecule has 0 radical (unpaired) electrons. The number of amides is 1. The second-order valence-electron chi connectivity index (χ2n) is 12.3. The predicted octanol–water partition coefficient (Wildman–Crippen LogP) is 4.73. The minimum Gasteiger partial charge on any atom is -0.508 e. The molecule has 3 aliphatic heterocycles. The number of hydrogen-bond donors (Lipinski definition) is 1. The lowest BCUT2D eigenvalue weighted by Gasteiger charge is -2.40. The number of pyridine rings is 1. The molecule has 5 heterocycles. The van der Waals surface area contributed by atoms with E-state index in [-0.39, 0.29) is 41.4 Å². The maximum absolute atomic E-state index is 16.5. The highest BCUT2D eigenvalue weighted by molar-refractivity contribution is 5.99. The normalized spacial score (nSPS) is 21.9. The van der Waals surface area contributed by atoms with Gasteiger partial charge in [-0.05, 0) is 48.4 Å². The number of phenols is 1. The van der Waals surface area contributed by atoms with Gasteiger partial charge in [0.05, 0.1) is 10.9 Å². The van der Waals surface area contributed by atoms with Crippen LogP contribution in [0.2, 0.25) is 0 Å². The Labute approximate surface area is 253 Å². The summed E-state index contributed by atoms with van der Waals surface area (Å²) in [4.78, 5) is 31.5. The lowest BCUT2D eigenvalue weighted by atomic mass is 9.95. The highest BCUT2D eigenvalue weighted by Gasteiger charge is 2.49. The van der Waals surface area contributed by atoms with Crippen molar-refractivity contribution in [3.8, 4) is 23.0 Å². The fourth-order valence-corrected chi connectivity index (χ4v) is 7.17. The Hall–Kier alpha value is -4.38. The van der Waals surface area contributed by atoms with Gasteiger partial charge < -0.3 is 19.6 Å². The van der Waals surface area contributed by atoms with Crippen molar-refractivity contribution in [1.29, 1.82) is 0 Å². The molecule has 3 saturated heterocycles. The second-order valence-corrected chi connectivity index (χ2v) is 12.3. The minimum atomic E-state index is -0.906. The van der Waals surface area contributed by atoms with Gasteiger partial charge in [0.15, 0.2) is 5.82 Å². The zero-order chi connectivity index (χ0) is 30.6. The van der Waals surface area contributed by atoms with E-state index in [4.69, 9.17) is 9.72 Å². The Kier molecular flexibility index (Phi) is 7.07. The first-order valence-electron chi connectivity index (χ1n) is 15.0. The zero-order valence-corrected chi connectivity index (χ0v) is 24.5. The topological polar surface area (TPSA) is 94.9 Å². The standard InChI is InChI=1S/C33H34F2N6O3/c1-3-27(43)40-16-20(17-40)15-39(2)31-26-14-36-29(25-12-23(42)11-21-7-4-5-8-24(21)25)28(35)30(26)37-32(38-31)44-19-33-9-6-10-41(33)18-22(34)13-33/h3-5,7-8,11-12,14,20,22,42H,1,6,9-10,13,15-19H2,2H3/t22-,33?/m1/s1. The van der Waals surface area contributed by atoms with E-state index in [1.807, 2.05) is 36.2 Å². The third-order valence-electron chi connectivity index (χ3n) is 9.31. The summed E-state index contributed by atoms with van der Waals surface area (Å²) in [7, 11) is 1.86. The van der Waals surface area contributed by atoms with Crippen LogP contribution in [0.15, 0.2) is 55.3 Å². The maximum atomic E-state index is 16.5. The number of alkyl halides is 1. The van der Waals surface area contributed by atoms with Gasteiger partial charge in [0.1, 0.15) is 35.6 Å². The number of rotatable bonds is 8. The lowest BCUT2D eigenvalue weighted by molar-refractivity contribution is -0.131. The zero-order valence-electron chi connectivity index (χ0n) is 24.5. The van der Waals surface area contributed by atoms with Crippen molar-refractivity contribution < 1.29 is 23.4 Å². The molecule has 0 spiro atoms. The molecule has 1 N–H and O–H groups in total. The van der Waals surface area contributed by atoms with Crippen LogP contribution in [0.5, 0.6) is 11.8 Å². The van der Waals surface area contributed by atoms with Gasteiger partial charge in [-0.25, -0.2) is 8.78 Å². The molecule has 0 bridgehead atoms. The van der Waals surface area contributed by atoms with E-state index in [0.717, 1.165) is 30.2 Å². The fourth-order valence-electron chi connectivity index (χ4n) is 7.17. The van der Waals surface area contributed by atoms with Gasteiger partial charge in [-0.15, -0.1) is 0 Å². The molecule has 2 aromatic carbocycles. The van der Waals surface area contributed by atoms with Crippen LogP contribution in [0, 0.1) is 11.7 Å². The number of fused-ring (bicyclic) bond motifs is 3. The molecule has 3 fully saturated rings. The SMILES string of the molecule is C=CC(=O)N1CC(CN(C)c2nc(OCC34CCCN3C[C@H](F)C4)nc3c(F)c(-c4cc(O)cc5ccccc45)ncc23)C1. The van der Waals surface area contributed by atoms with E-state index in [9.17, 15) is 14.3 Å². The van der Waals surface area contributed by atoms with Crippen LogP contribution in [-0.2, 0) is 4.79 Å². The van der Waals surface area contributed by atoms with E-state index < -0.39 is 17.5 Å². The van der Waals surface area contributed by atoms with Gasteiger partial charge in [0.25, 0.3) is 0 Å². The van der Waals surface area contributed by atoms with Gasteiger partial charge in [-0.1, -0.05) is 30.8 Å². The van der Waals surface area contributed by atoms with Crippen molar-refractivity contribution in [3.05, 3.63) is 61.1 Å². The summed E-state index contributed by atoms with van der Waals surface area (Å²) >= 11 is 0. The average molecular weight is 601 g/mol. The van der Waals surface area contributed by atoms with Gasteiger partial charge in [0.2, 0.25) is 5.91 Å². The summed E-state index contributed by atoms with van der Waals surface area (Å²) in [5.74, 6) is -0.113. The first kappa shape index (κ1) is 28.4. The Morgan fingerprint density at radius 3 is 2.86 bits per heavy atom. The lowest BCUT2D eigenvalue weighted by Crippen LogP contribution is -2.53. The third kappa shape index (κ3) is 4.89. The van der Waals surface area contributed by atoms with Gasteiger partial charge >= 0.3 is 6.01 Å². The number of nitrogens with zero attached hydrogens (tertiary/aromatic N) is 6.